The highest BCUT2D eigenvalue weighted by atomic mass is 16.5. The summed E-state index contributed by atoms with van der Waals surface area (Å²) >= 11 is 0. The first-order valence-electron chi connectivity index (χ1n) is 23.9. The third-order valence-electron chi connectivity index (χ3n) is 10.3. The van der Waals surface area contributed by atoms with Crippen molar-refractivity contribution in [3.8, 4) is 0 Å². The minimum Gasteiger partial charge on any atom is -0.377 e. The van der Waals surface area contributed by atoms with Gasteiger partial charge in [-0.25, -0.2) is 0 Å². The fraction of sp³-hybridized carbons (Fsp3) is 0.870. The van der Waals surface area contributed by atoms with Crippen LogP contribution in [0, 0.1) is 35.5 Å². The molecule has 11 atom stereocenters. The molecule has 0 rings (SSSR count). The molecule has 0 aliphatic rings. The molecule has 21 heteroatoms. The van der Waals surface area contributed by atoms with Gasteiger partial charge in [0, 0.05) is 86.4 Å². The molecule has 21 nitrogen and oxygen atoms in total. The Labute approximate surface area is 401 Å². The van der Waals surface area contributed by atoms with Crippen molar-refractivity contribution < 1.29 is 57.2 Å². The van der Waals surface area contributed by atoms with Crippen LogP contribution in [0.4, 0.5) is 0 Å². The average molecular weight is 964 g/mol. The van der Waals surface area contributed by atoms with Crippen molar-refractivity contribution in [3.05, 3.63) is 0 Å². The molecule has 12 N–H and O–H groups in total. The fourth-order valence-electron chi connectivity index (χ4n) is 6.70. The van der Waals surface area contributed by atoms with Crippen LogP contribution < -0.4 is 49.1 Å². The van der Waals surface area contributed by atoms with E-state index in [9.17, 15) is 28.8 Å². The normalized spacial score (nSPS) is 16.2. The Morgan fingerprint density at radius 2 is 0.701 bits per heavy atom. The summed E-state index contributed by atoms with van der Waals surface area (Å²) in [6.07, 6.45) is 0.805. The van der Waals surface area contributed by atoms with Crippen LogP contribution in [0.5, 0.6) is 0 Å². The molecule has 0 aromatic carbocycles. The lowest BCUT2D eigenvalue weighted by Crippen LogP contribution is -2.45. The van der Waals surface area contributed by atoms with Gasteiger partial charge in [0.05, 0.1) is 79.3 Å². The van der Waals surface area contributed by atoms with Gasteiger partial charge in [0.15, 0.2) is 0 Å². The summed E-state index contributed by atoms with van der Waals surface area (Å²) in [6, 6.07) is -1.33. The molecule has 0 bridgehead atoms. The second-order valence-corrected chi connectivity index (χ2v) is 17.6. The summed E-state index contributed by atoms with van der Waals surface area (Å²) in [6.45, 7) is 20.1. The van der Waals surface area contributed by atoms with Crippen LogP contribution in [0.15, 0.2) is 0 Å². The van der Waals surface area contributed by atoms with E-state index >= 15 is 0 Å². The number of rotatable bonds is 39. The zero-order valence-corrected chi connectivity index (χ0v) is 43.0. The number of carbonyl (C=O) groups excluding carboxylic acids is 6. The van der Waals surface area contributed by atoms with Gasteiger partial charge < -0.3 is 77.5 Å². The number of hydrogen-bond acceptors (Lipinski definition) is 15. The Bertz CT molecular complexity index is 1350. The van der Waals surface area contributed by atoms with Crippen molar-refractivity contribution in [2.24, 2.45) is 52.7 Å². The first-order valence-corrected chi connectivity index (χ1v) is 23.9. The van der Waals surface area contributed by atoms with Gasteiger partial charge in [0.25, 0.3) is 0 Å². The Kier molecular flexibility index (Phi) is 39.5. The SMILES string of the molecule is CN.CNC(=O)C(C)CC(C)C(=O)NCCOCCOCC(C)NC(=O)C(C)CC(CC(CC(C)C(=O)NC)C(=O)NC(C)COCCOCC(C)N)C(=O)NC(C)COCCOCC(C)N. The van der Waals surface area contributed by atoms with Gasteiger partial charge >= 0.3 is 0 Å². The van der Waals surface area contributed by atoms with Crippen molar-refractivity contribution >= 4 is 35.4 Å². The maximum absolute atomic E-state index is 14.0. The van der Waals surface area contributed by atoms with Crippen molar-refractivity contribution in [1.29, 1.82) is 0 Å². The van der Waals surface area contributed by atoms with Crippen LogP contribution in [0.1, 0.15) is 88.0 Å². The van der Waals surface area contributed by atoms with E-state index < -0.39 is 29.7 Å². The van der Waals surface area contributed by atoms with Crippen molar-refractivity contribution in [2.45, 2.75) is 118 Å². The van der Waals surface area contributed by atoms with Crippen LogP contribution in [0.25, 0.3) is 0 Å². The first-order chi connectivity index (χ1) is 31.7. The molecule has 0 heterocycles. The lowest BCUT2D eigenvalue weighted by molar-refractivity contribution is -0.132. The molecule has 0 aliphatic heterocycles. The second-order valence-electron chi connectivity index (χ2n) is 17.6. The summed E-state index contributed by atoms with van der Waals surface area (Å²) in [4.78, 5) is 78.2. The molecule has 0 saturated heterocycles. The Morgan fingerprint density at radius 3 is 1.07 bits per heavy atom. The highest BCUT2D eigenvalue weighted by molar-refractivity contribution is 5.85. The number of hydrogen-bond donors (Lipinski definition) is 9. The standard InChI is InChI=1S/C45H88N8O12.CH5N/c1-29(40(54)48-10)20-30(2)42(56)50-12-13-60-14-15-63-26-35(7)51-43(57)32(4)22-39(45(59)53-37(9)28-65-19-17-62-25-34(6)47)23-38(21-31(3)41(55)49-11)44(58)52-36(8)27-64-18-16-61-24-33(5)46;1-2/h29-39H,12-28,46-47H2,1-11H3,(H,48,54)(H,49,55)(H,50,56)(H,51,57)(H,52,58)(H,53,59);2H2,1H3. The van der Waals surface area contributed by atoms with Gasteiger partial charge in [0.2, 0.25) is 35.4 Å². The van der Waals surface area contributed by atoms with Crippen molar-refractivity contribution in [2.75, 3.05) is 107 Å². The van der Waals surface area contributed by atoms with Crippen LogP contribution >= 0.6 is 0 Å². The number of carbonyl (C=O) groups is 6. The van der Waals surface area contributed by atoms with Crippen LogP contribution in [0.2, 0.25) is 0 Å². The number of nitrogens with two attached hydrogens (primary N) is 3. The summed E-state index contributed by atoms with van der Waals surface area (Å²) in [5.74, 6) is -4.75. The number of nitrogens with one attached hydrogen (secondary N) is 6. The van der Waals surface area contributed by atoms with E-state index in [1.54, 1.807) is 48.6 Å². The zero-order valence-electron chi connectivity index (χ0n) is 43.0. The van der Waals surface area contributed by atoms with Crippen LogP contribution in [-0.4, -0.2) is 173 Å². The molecule has 6 amide bonds. The van der Waals surface area contributed by atoms with Crippen LogP contribution in [0.3, 0.4) is 0 Å². The highest BCUT2D eigenvalue weighted by Gasteiger charge is 2.33. The summed E-state index contributed by atoms with van der Waals surface area (Å²) in [5, 5.41) is 17.0. The third kappa shape index (κ3) is 34.4. The Hall–Kier alpha value is -3.54. The van der Waals surface area contributed by atoms with Crippen molar-refractivity contribution in [1.82, 2.24) is 31.9 Å². The molecule has 0 aliphatic carbocycles. The lowest BCUT2D eigenvalue weighted by atomic mass is 9.82. The van der Waals surface area contributed by atoms with Gasteiger partial charge in [-0.3, -0.25) is 28.8 Å². The molecule has 11 unspecified atom stereocenters. The third-order valence-corrected chi connectivity index (χ3v) is 10.3. The molecule has 0 aromatic rings. The second kappa shape index (κ2) is 40.4. The van der Waals surface area contributed by atoms with Gasteiger partial charge in [-0.05, 0) is 67.3 Å². The summed E-state index contributed by atoms with van der Waals surface area (Å²) in [7, 11) is 4.60. The minimum atomic E-state index is -0.781. The Balaban J connectivity index is 0. The van der Waals surface area contributed by atoms with Crippen molar-refractivity contribution in [3.63, 3.8) is 0 Å². The highest BCUT2D eigenvalue weighted by Crippen LogP contribution is 2.27. The predicted molar refractivity (Wildman–Crippen MR) is 258 cm³/mol. The van der Waals surface area contributed by atoms with Gasteiger partial charge in [0.1, 0.15) is 0 Å². The average Bonchev–Trinajstić information content (AvgIpc) is 3.28. The van der Waals surface area contributed by atoms with E-state index in [0.29, 0.717) is 52.6 Å². The smallest absolute Gasteiger partial charge is 0.223 e. The molecular weight excluding hydrogens is 871 g/mol. The van der Waals surface area contributed by atoms with E-state index in [4.69, 9.17) is 39.9 Å². The maximum atomic E-state index is 14.0. The first kappa shape index (κ1) is 65.5. The van der Waals surface area contributed by atoms with Crippen LogP contribution in [-0.2, 0) is 57.2 Å². The molecule has 394 valence electrons. The molecule has 0 spiro atoms. The molecule has 67 heavy (non-hydrogen) atoms. The Morgan fingerprint density at radius 1 is 0.388 bits per heavy atom. The number of amides is 6. The minimum absolute atomic E-state index is 0.0757. The predicted octanol–water partition coefficient (Wildman–Crippen LogP) is -0.185. The largest absolute Gasteiger partial charge is 0.377 e. The monoisotopic (exact) mass is 964 g/mol. The lowest BCUT2D eigenvalue weighted by Gasteiger charge is -2.28. The molecule has 0 aromatic heterocycles. The van der Waals surface area contributed by atoms with E-state index in [2.05, 4.69) is 37.6 Å². The fourth-order valence-corrected chi connectivity index (χ4v) is 6.70. The van der Waals surface area contributed by atoms with Gasteiger partial charge in [-0.1, -0.05) is 27.7 Å². The van der Waals surface area contributed by atoms with E-state index in [1.807, 2.05) is 20.8 Å². The summed E-state index contributed by atoms with van der Waals surface area (Å²) < 4.78 is 33.6. The zero-order chi connectivity index (χ0) is 51.3. The quantitative estimate of drug-likeness (QED) is 0.0361. The summed E-state index contributed by atoms with van der Waals surface area (Å²) in [5.41, 5.74) is 15.9. The number of ether oxygens (including phenoxy) is 6. The molecule has 0 fully saturated rings. The molecule has 0 saturated carbocycles. The van der Waals surface area contributed by atoms with Gasteiger partial charge in [-0.15, -0.1) is 0 Å². The van der Waals surface area contributed by atoms with Gasteiger partial charge in [-0.2, -0.15) is 0 Å². The van der Waals surface area contributed by atoms with E-state index in [-0.39, 0.29) is 130 Å². The maximum Gasteiger partial charge on any atom is 0.223 e. The molecule has 0 radical (unpaired) electrons. The molecular formula is C46H93N9O12. The topological polar surface area (TPSA) is 308 Å². The van der Waals surface area contributed by atoms with E-state index in [1.165, 1.54) is 14.1 Å². The van der Waals surface area contributed by atoms with E-state index in [0.717, 1.165) is 0 Å².